The third-order valence-corrected chi connectivity index (χ3v) is 0. The molecule has 0 aliphatic rings. The summed E-state index contributed by atoms with van der Waals surface area (Å²) in [5.41, 5.74) is 0. The molecule has 0 fully saturated rings. The fourth-order valence-electron chi connectivity index (χ4n) is 0. The van der Waals surface area contributed by atoms with Gasteiger partial charge in [0.05, 0.1) is 10.8 Å². The zero-order valence-corrected chi connectivity index (χ0v) is 6.41. The zero-order chi connectivity index (χ0) is 3.58. The van der Waals surface area contributed by atoms with E-state index in [1.807, 2.05) is 0 Å². The van der Waals surface area contributed by atoms with Gasteiger partial charge in [0.25, 0.3) is 0 Å². The van der Waals surface area contributed by atoms with Gasteiger partial charge in [0, 0.05) is 0 Å². The van der Waals surface area contributed by atoms with Gasteiger partial charge in [-0.1, -0.05) is 0 Å². The Balaban J connectivity index is -0.0000000150. The molecule has 0 saturated heterocycles. The molecule has 3 nitrogen and oxygen atoms in total. The standard InChI is InChI=1S/ClO3.ClH.2Fe/c2-1(3)4;;;/h;1H;;/q-1;;2*+3/p-1. The van der Waals surface area contributed by atoms with E-state index >= 15 is 0 Å². The average Bonchev–Trinajstić information content (AvgIpc) is 0.811. The predicted octanol–water partition coefficient (Wildman–Crippen LogP) is -6.57. The molecule has 0 N–H and O–H groups in total. The van der Waals surface area contributed by atoms with Crippen molar-refractivity contribution in [2.24, 2.45) is 0 Å². The van der Waals surface area contributed by atoms with Gasteiger partial charge >= 0.3 is 34.1 Å². The Morgan fingerprint density at radius 3 is 0.857 bits per heavy atom. The fourth-order valence-corrected chi connectivity index (χ4v) is 0. The minimum atomic E-state index is -2.85. The van der Waals surface area contributed by atoms with Crippen LogP contribution < -0.4 is 26.4 Å². The van der Waals surface area contributed by atoms with Crippen LogP contribution in [0.4, 0.5) is 0 Å². The van der Waals surface area contributed by atoms with E-state index in [1.54, 1.807) is 0 Å². The summed E-state index contributed by atoms with van der Waals surface area (Å²) >= 11 is 0. The van der Waals surface area contributed by atoms with E-state index < -0.39 is 10.8 Å². The topological polar surface area (TPSA) is 69.2 Å². The molecule has 7 heavy (non-hydrogen) atoms. The third kappa shape index (κ3) is 101. The second kappa shape index (κ2) is 15.6. The SMILES string of the molecule is [Cl-].[Fe+3].[Fe+3].[O-][Cl+2]([O-])[O-]. The molecule has 0 atom stereocenters. The first-order valence-electron chi connectivity index (χ1n) is 0.463. The Kier molecular flexibility index (Phi) is 52.8. The van der Waals surface area contributed by atoms with Gasteiger partial charge in [-0.05, 0) is 0 Å². The van der Waals surface area contributed by atoms with Gasteiger partial charge in [0.15, 0.2) is 0 Å². The van der Waals surface area contributed by atoms with Crippen LogP contribution in [0.15, 0.2) is 0 Å². The molecular weight excluding hydrogens is 231 g/mol. The van der Waals surface area contributed by atoms with Crippen LogP contribution in [0.1, 0.15) is 0 Å². The Hall–Kier alpha value is 1.50. The Bertz CT molecular complexity index is 15.7. The number of halogens is 2. The summed E-state index contributed by atoms with van der Waals surface area (Å²) in [6.45, 7) is 0. The van der Waals surface area contributed by atoms with E-state index in [1.165, 1.54) is 0 Å². The molecule has 0 heterocycles. The largest absolute Gasteiger partial charge is 3.00 e. The molecule has 0 aromatic rings. The van der Waals surface area contributed by atoms with Crippen LogP contribution in [0.5, 0.6) is 0 Å². The maximum Gasteiger partial charge on any atom is 3.00 e. The molecule has 0 spiro atoms. The second-order valence-electron chi connectivity index (χ2n) is 0.189. The van der Waals surface area contributed by atoms with E-state index in [4.69, 9.17) is 14.0 Å². The summed E-state index contributed by atoms with van der Waals surface area (Å²) < 4.78 is 25.2. The van der Waals surface area contributed by atoms with E-state index in [2.05, 4.69) is 0 Å². The molecule has 0 saturated carbocycles. The molecule has 0 rings (SSSR count). The van der Waals surface area contributed by atoms with Gasteiger partial charge in [-0.25, -0.2) is 0 Å². The molecule has 0 aliphatic heterocycles. The first kappa shape index (κ1) is 23.6. The monoisotopic (exact) mass is 230 g/mol. The van der Waals surface area contributed by atoms with Crippen LogP contribution >= 0.6 is 0 Å². The summed E-state index contributed by atoms with van der Waals surface area (Å²) in [7, 11) is -2.85. The van der Waals surface area contributed by atoms with Crippen LogP contribution in [-0.4, -0.2) is 0 Å². The molecule has 0 bridgehead atoms. The van der Waals surface area contributed by atoms with Crippen LogP contribution in [0.2, 0.25) is 0 Å². The van der Waals surface area contributed by atoms with Crippen molar-refractivity contribution in [3.63, 3.8) is 0 Å². The molecule has 7 heteroatoms. The Morgan fingerprint density at radius 2 is 0.857 bits per heavy atom. The molecule has 0 aromatic carbocycles. The van der Waals surface area contributed by atoms with Gasteiger partial charge in [-0.3, -0.25) is 0 Å². The quantitative estimate of drug-likeness (QED) is 0.389. The van der Waals surface area contributed by atoms with Gasteiger partial charge in [0.1, 0.15) is 0 Å². The minimum Gasteiger partial charge on any atom is -1.00 e. The van der Waals surface area contributed by atoms with E-state index in [9.17, 15) is 0 Å². The molecule has 2 radical (unpaired) electrons. The van der Waals surface area contributed by atoms with Gasteiger partial charge in [-0.15, -0.1) is 0 Å². The summed E-state index contributed by atoms with van der Waals surface area (Å²) in [5.74, 6) is 0. The van der Waals surface area contributed by atoms with Crippen molar-refractivity contribution < 1.29 is 71.3 Å². The van der Waals surface area contributed by atoms with Crippen LogP contribution in [0, 0.1) is 10.8 Å². The molecular formula is Cl2Fe2O3+4. The maximum absolute atomic E-state index is 8.41. The smallest absolute Gasteiger partial charge is 1.00 e. The Labute approximate surface area is 71.2 Å². The summed E-state index contributed by atoms with van der Waals surface area (Å²) in [5, 5.41) is 0. The van der Waals surface area contributed by atoms with Crippen LogP contribution in [0.3, 0.4) is 0 Å². The molecule has 0 aromatic heterocycles. The average molecular weight is 231 g/mol. The van der Waals surface area contributed by atoms with Crippen molar-refractivity contribution in [3.8, 4) is 0 Å². The molecule has 0 unspecified atom stereocenters. The number of hydrogen-bond donors (Lipinski definition) is 0. The van der Waals surface area contributed by atoms with E-state index in [-0.39, 0.29) is 46.5 Å². The van der Waals surface area contributed by atoms with Gasteiger partial charge in [-0.2, -0.15) is 0 Å². The zero-order valence-electron chi connectivity index (χ0n) is 2.69. The van der Waals surface area contributed by atoms with Crippen molar-refractivity contribution in [2.45, 2.75) is 0 Å². The fraction of sp³-hybridized carbons (Fsp3) is 0. The predicted molar refractivity (Wildman–Crippen MR) is 0 cm³/mol. The van der Waals surface area contributed by atoms with E-state index in [0.717, 1.165) is 0 Å². The van der Waals surface area contributed by atoms with E-state index in [0.29, 0.717) is 0 Å². The van der Waals surface area contributed by atoms with Crippen molar-refractivity contribution in [2.75, 3.05) is 0 Å². The van der Waals surface area contributed by atoms with Gasteiger partial charge in [0.2, 0.25) is 0 Å². The van der Waals surface area contributed by atoms with Gasteiger partial charge < -0.3 is 26.4 Å². The van der Waals surface area contributed by atoms with Crippen molar-refractivity contribution in [1.29, 1.82) is 0 Å². The van der Waals surface area contributed by atoms with Crippen LogP contribution in [0.25, 0.3) is 0 Å². The normalized spacial score (nSPS) is 5.14. The molecule has 0 amide bonds. The summed E-state index contributed by atoms with van der Waals surface area (Å²) in [6, 6.07) is 0. The second-order valence-corrected chi connectivity index (χ2v) is 0.567. The van der Waals surface area contributed by atoms with Crippen LogP contribution in [-0.2, 0) is 34.1 Å². The van der Waals surface area contributed by atoms with Crippen molar-refractivity contribution in [3.05, 3.63) is 0 Å². The van der Waals surface area contributed by atoms with Crippen molar-refractivity contribution >= 4 is 0 Å². The summed E-state index contributed by atoms with van der Waals surface area (Å²) in [6.07, 6.45) is 0. The maximum atomic E-state index is 8.41. The Morgan fingerprint density at radius 1 is 0.857 bits per heavy atom. The molecule has 44 valence electrons. The van der Waals surface area contributed by atoms with Crippen molar-refractivity contribution in [1.82, 2.24) is 0 Å². The first-order chi connectivity index (χ1) is 1.73. The number of hydrogen-bond acceptors (Lipinski definition) is 3. The summed E-state index contributed by atoms with van der Waals surface area (Å²) in [4.78, 5) is 0. The number of rotatable bonds is 0. The minimum absolute atomic E-state index is 0. The third-order valence-electron chi connectivity index (χ3n) is 0. The first-order valence-corrected chi connectivity index (χ1v) is 1.39. The molecule has 0 aliphatic carbocycles.